The van der Waals surface area contributed by atoms with Gasteiger partial charge in [0.2, 0.25) is 11.8 Å². The van der Waals surface area contributed by atoms with Crippen LogP contribution in [0.5, 0.6) is 0 Å². The van der Waals surface area contributed by atoms with Crippen LogP contribution in [0.2, 0.25) is 5.02 Å². The van der Waals surface area contributed by atoms with E-state index in [2.05, 4.69) is 38.6 Å². The zero-order chi connectivity index (χ0) is 27.7. The SMILES string of the molecule is CCc1nc2c(cnn2CC)c(NC2CCOCC2)c1CNC(=O)C1(C(N)=O)CC1Cc1ccc(Cl)c(Br)c1. The van der Waals surface area contributed by atoms with E-state index in [1.807, 2.05) is 29.9 Å². The van der Waals surface area contributed by atoms with Crippen molar-refractivity contribution in [3.8, 4) is 0 Å². The molecule has 3 aromatic rings. The first-order chi connectivity index (χ1) is 18.8. The smallest absolute Gasteiger partial charge is 0.236 e. The van der Waals surface area contributed by atoms with Crippen LogP contribution in [-0.4, -0.2) is 45.8 Å². The summed E-state index contributed by atoms with van der Waals surface area (Å²) in [5, 5.41) is 12.9. The van der Waals surface area contributed by atoms with Gasteiger partial charge < -0.3 is 21.1 Å². The molecule has 2 atom stereocenters. The molecule has 3 heterocycles. The number of pyridine rings is 1. The summed E-state index contributed by atoms with van der Waals surface area (Å²) >= 11 is 9.57. The van der Waals surface area contributed by atoms with Crippen molar-refractivity contribution in [1.82, 2.24) is 20.1 Å². The molecular weight excluding hydrogens is 584 g/mol. The average molecular weight is 618 g/mol. The molecule has 0 spiro atoms. The molecule has 4 N–H and O–H groups in total. The van der Waals surface area contributed by atoms with Gasteiger partial charge in [0.05, 0.1) is 22.3 Å². The molecule has 39 heavy (non-hydrogen) atoms. The summed E-state index contributed by atoms with van der Waals surface area (Å²) in [6, 6.07) is 5.88. The van der Waals surface area contributed by atoms with E-state index in [1.165, 1.54) is 0 Å². The summed E-state index contributed by atoms with van der Waals surface area (Å²) in [4.78, 5) is 31.1. The van der Waals surface area contributed by atoms with Gasteiger partial charge in [0, 0.05) is 48.1 Å². The fourth-order valence-corrected chi connectivity index (χ4v) is 6.19. The Morgan fingerprint density at radius 1 is 1.28 bits per heavy atom. The molecule has 208 valence electrons. The molecule has 2 fully saturated rings. The minimum atomic E-state index is -1.22. The fraction of sp³-hybridized carbons (Fsp3) is 0.500. The van der Waals surface area contributed by atoms with E-state index in [9.17, 15) is 9.59 Å². The minimum absolute atomic E-state index is 0.169. The van der Waals surface area contributed by atoms with Crippen molar-refractivity contribution in [2.75, 3.05) is 18.5 Å². The van der Waals surface area contributed by atoms with Crippen LogP contribution in [0.1, 0.15) is 49.9 Å². The first-order valence-corrected chi connectivity index (χ1v) is 14.7. The van der Waals surface area contributed by atoms with Gasteiger partial charge in [0.1, 0.15) is 5.41 Å². The lowest BCUT2D eigenvalue weighted by Crippen LogP contribution is -2.42. The number of benzene rings is 1. The van der Waals surface area contributed by atoms with Gasteiger partial charge in [-0.3, -0.25) is 9.59 Å². The highest BCUT2D eigenvalue weighted by Gasteiger charge is 2.64. The number of rotatable bonds is 10. The van der Waals surface area contributed by atoms with E-state index in [0.29, 0.717) is 44.0 Å². The Labute approximate surface area is 241 Å². The number of aromatic nitrogens is 3. The van der Waals surface area contributed by atoms with Crippen molar-refractivity contribution in [3.05, 3.63) is 50.7 Å². The van der Waals surface area contributed by atoms with E-state index in [-0.39, 0.29) is 24.4 Å². The van der Waals surface area contributed by atoms with Crippen molar-refractivity contribution in [2.24, 2.45) is 17.1 Å². The van der Waals surface area contributed by atoms with Crippen molar-refractivity contribution in [3.63, 3.8) is 0 Å². The van der Waals surface area contributed by atoms with Crippen LogP contribution in [0.15, 0.2) is 28.9 Å². The third kappa shape index (κ3) is 5.38. The molecule has 0 radical (unpaired) electrons. The second-order valence-electron chi connectivity index (χ2n) is 10.4. The first kappa shape index (κ1) is 27.9. The molecule has 5 rings (SSSR count). The lowest BCUT2D eigenvalue weighted by atomic mass is 9.97. The molecule has 0 bridgehead atoms. The maximum atomic E-state index is 13.6. The van der Waals surface area contributed by atoms with Crippen molar-refractivity contribution < 1.29 is 14.3 Å². The Hall–Kier alpha value is -2.69. The largest absolute Gasteiger partial charge is 0.381 e. The Bertz CT molecular complexity index is 1410. The van der Waals surface area contributed by atoms with Crippen LogP contribution in [0, 0.1) is 11.3 Å². The zero-order valence-electron chi connectivity index (χ0n) is 22.2. The molecule has 2 unspecified atom stereocenters. The van der Waals surface area contributed by atoms with Gasteiger partial charge in [-0.2, -0.15) is 5.10 Å². The second kappa shape index (κ2) is 11.4. The number of hydrogen-bond acceptors (Lipinski definition) is 6. The molecule has 2 aliphatic rings. The lowest BCUT2D eigenvalue weighted by molar-refractivity contribution is -0.136. The number of nitrogens with one attached hydrogen (secondary N) is 2. The van der Waals surface area contributed by atoms with E-state index in [0.717, 1.165) is 50.9 Å². The Kier molecular flexibility index (Phi) is 8.16. The monoisotopic (exact) mass is 616 g/mol. The van der Waals surface area contributed by atoms with Crippen LogP contribution in [-0.2, 0) is 40.3 Å². The lowest BCUT2D eigenvalue weighted by Gasteiger charge is -2.27. The highest BCUT2D eigenvalue weighted by atomic mass is 79.9. The van der Waals surface area contributed by atoms with Gasteiger partial charge in [-0.15, -0.1) is 0 Å². The highest BCUT2D eigenvalue weighted by Crippen LogP contribution is 2.54. The van der Waals surface area contributed by atoms with Gasteiger partial charge in [-0.1, -0.05) is 24.6 Å². The predicted molar refractivity (Wildman–Crippen MR) is 154 cm³/mol. The Morgan fingerprint density at radius 3 is 2.72 bits per heavy atom. The van der Waals surface area contributed by atoms with E-state index < -0.39 is 11.3 Å². The molecule has 2 amide bonds. The highest BCUT2D eigenvalue weighted by molar-refractivity contribution is 9.10. The van der Waals surface area contributed by atoms with Crippen molar-refractivity contribution in [1.29, 1.82) is 0 Å². The van der Waals surface area contributed by atoms with Crippen LogP contribution in [0.25, 0.3) is 11.0 Å². The van der Waals surface area contributed by atoms with Gasteiger partial charge in [-0.05, 0) is 78.6 Å². The standard InChI is InChI=1S/C28H34BrClN6O3/c1-3-23-19(24(34-18-7-9-39-10-8-18)20-15-33-36(4-2)25(20)35-23)14-32-27(38)28(26(31)37)13-17(28)11-16-5-6-22(30)21(29)12-16/h5-6,12,15,17-18H,3-4,7-11,13-14H2,1-2H3,(H2,31,37)(H,32,38)(H,34,35). The van der Waals surface area contributed by atoms with Gasteiger partial charge >= 0.3 is 0 Å². The number of carbonyl (C=O) groups excluding carboxylic acids is 2. The summed E-state index contributed by atoms with van der Waals surface area (Å²) in [6.07, 6.45) is 5.30. The number of halogens is 2. The van der Waals surface area contributed by atoms with Gasteiger partial charge in [0.25, 0.3) is 0 Å². The van der Waals surface area contributed by atoms with E-state index in [4.69, 9.17) is 27.1 Å². The minimum Gasteiger partial charge on any atom is -0.381 e. The first-order valence-electron chi connectivity index (χ1n) is 13.5. The number of nitrogens with zero attached hydrogens (tertiary/aromatic N) is 3. The summed E-state index contributed by atoms with van der Waals surface area (Å²) in [5.41, 5.74) is 9.16. The summed E-state index contributed by atoms with van der Waals surface area (Å²) in [6.45, 7) is 6.45. The van der Waals surface area contributed by atoms with Gasteiger partial charge in [-0.25, -0.2) is 9.67 Å². The molecule has 1 aliphatic heterocycles. The van der Waals surface area contributed by atoms with Gasteiger partial charge in [0.15, 0.2) is 5.65 Å². The third-order valence-corrected chi connectivity index (χ3v) is 9.23. The molecule has 2 aromatic heterocycles. The number of hydrogen-bond donors (Lipinski definition) is 3. The third-order valence-electron chi connectivity index (χ3n) is 8.02. The zero-order valence-corrected chi connectivity index (χ0v) is 24.6. The van der Waals surface area contributed by atoms with Crippen molar-refractivity contribution in [2.45, 2.75) is 65.1 Å². The maximum absolute atomic E-state index is 13.6. The molecule has 11 heteroatoms. The molecule has 1 saturated carbocycles. The second-order valence-corrected chi connectivity index (χ2v) is 11.6. The number of aryl methyl sites for hydroxylation is 2. The summed E-state index contributed by atoms with van der Waals surface area (Å²) in [7, 11) is 0. The summed E-state index contributed by atoms with van der Waals surface area (Å²) in [5.74, 6) is -1.10. The molecule has 1 saturated heterocycles. The predicted octanol–water partition coefficient (Wildman–Crippen LogP) is 4.37. The average Bonchev–Trinajstić information content (AvgIpc) is 3.52. The van der Waals surface area contributed by atoms with E-state index >= 15 is 0 Å². The quantitative estimate of drug-likeness (QED) is 0.290. The maximum Gasteiger partial charge on any atom is 0.236 e. The number of fused-ring (bicyclic) bond motifs is 1. The number of primary amides is 1. The van der Waals surface area contributed by atoms with Crippen LogP contribution >= 0.6 is 27.5 Å². The van der Waals surface area contributed by atoms with E-state index in [1.54, 1.807) is 6.07 Å². The fourth-order valence-electron chi connectivity index (χ4n) is 5.65. The number of carbonyl (C=O) groups is 2. The number of nitrogens with two attached hydrogens (primary N) is 1. The molecule has 9 nitrogen and oxygen atoms in total. The Balaban J connectivity index is 1.40. The van der Waals surface area contributed by atoms with Crippen molar-refractivity contribution >= 4 is 56.1 Å². The number of anilines is 1. The van der Waals surface area contributed by atoms with Crippen LogP contribution in [0.3, 0.4) is 0 Å². The topological polar surface area (TPSA) is 124 Å². The van der Waals surface area contributed by atoms with Crippen LogP contribution < -0.4 is 16.4 Å². The molecule has 1 aliphatic carbocycles. The number of ether oxygens (including phenoxy) is 1. The molecule has 1 aromatic carbocycles. The Morgan fingerprint density at radius 2 is 2.05 bits per heavy atom. The number of amides is 2. The normalized spacial score (nSPS) is 21.2. The van der Waals surface area contributed by atoms with Crippen LogP contribution in [0.4, 0.5) is 5.69 Å². The summed E-state index contributed by atoms with van der Waals surface area (Å²) < 4.78 is 8.22. The molecular formula is C28H34BrClN6O3.